The van der Waals surface area contributed by atoms with E-state index in [9.17, 15) is 14.4 Å². The summed E-state index contributed by atoms with van der Waals surface area (Å²) in [7, 11) is 1.27. The molecule has 1 amide bonds. The lowest BCUT2D eigenvalue weighted by Gasteiger charge is -2.08. The number of nitrogens with zero attached hydrogens (tertiary/aromatic N) is 3. The number of nitrogens with one attached hydrogen (secondary N) is 1. The van der Waals surface area contributed by atoms with E-state index in [0.717, 1.165) is 11.3 Å². The highest BCUT2D eigenvalue weighted by molar-refractivity contribution is 7.17. The van der Waals surface area contributed by atoms with Crippen molar-refractivity contribution in [3.63, 3.8) is 0 Å². The molecule has 122 valence electrons. The summed E-state index contributed by atoms with van der Waals surface area (Å²) in [6.45, 7) is -0.186. The normalized spacial score (nSPS) is 10.5. The minimum absolute atomic E-state index is 0.186. The van der Waals surface area contributed by atoms with Gasteiger partial charge in [0.25, 0.3) is 5.56 Å². The molecule has 1 N–H and O–H groups in total. The van der Waals surface area contributed by atoms with Crippen LogP contribution in [0.2, 0.25) is 0 Å². The van der Waals surface area contributed by atoms with Crippen LogP contribution in [0, 0.1) is 0 Å². The Morgan fingerprint density at radius 1 is 1.25 bits per heavy atom. The number of amides is 1. The zero-order valence-electron chi connectivity index (χ0n) is 12.6. The minimum Gasteiger partial charge on any atom is -0.465 e. The van der Waals surface area contributed by atoms with Gasteiger partial charge in [-0.15, -0.1) is 0 Å². The smallest absolute Gasteiger partial charge is 0.349 e. The lowest BCUT2D eigenvalue weighted by Crippen LogP contribution is -2.27. The first kappa shape index (κ1) is 15.8. The van der Waals surface area contributed by atoms with Crippen LogP contribution in [0.15, 0.2) is 41.5 Å². The monoisotopic (exact) mass is 344 g/mol. The topological polar surface area (TPSA) is 103 Å². The van der Waals surface area contributed by atoms with Gasteiger partial charge < -0.3 is 10.1 Å². The van der Waals surface area contributed by atoms with E-state index in [0.29, 0.717) is 11.0 Å². The quantitative estimate of drug-likeness (QED) is 0.715. The number of carbonyl (C=O) groups is 2. The second-order valence-electron chi connectivity index (χ2n) is 4.74. The summed E-state index contributed by atoms with van der Waals surface area (Å²) in [6, 6.07) is 7.04. The van der Waals surface area contributed by atoms with Crippen LogP contribution < -0.4 is 10.9 Å². The number of esters is 1. The SMILES string of the molecule is COC(=O)c1cnc(NC(=O)Cn2c(=O)cnc3ccccc32)s1. The third kappa shape index (κ3) is 3.15. The number of methoxy groups -OCH3 is 1. The Balaban J connectivity index is 1.81. The fourth-order valence-corrected chi connectivity index (χ4v) is 2.86. The van der Waals surface area contributed by atoms with Gasteiger partial charge in [0.15, 0.2) is 5.13 Å². The molecule has 3 rings (SSSR count). The van der Waals surface area contributed by atoms with Gasteiger partial charge in [0.05, 0.1) is 30.5 Å². The number of anilines is 1. The van der Waals surface area contributed by atoms with E-state index in [1.807, 2.05) is 0 Å². The van der Waals surface area contributed by atoms with Crippen molar-refractivity contribution >= 4 is 39.4 Å². The third-order valence-corrected chi connectivity index (χ3v) is 4.09. The molecule has 0 spiro atoms. The molecule has 8 nitrogen and oxygen atoms in total. The van der Waals surface area contributed by atoms with E-state index in [2.05, 4.69) is 20.0 Å². The summed E-state index contributed by atoms with van der Waals surface area (Å²) in [5.41, 5.74) is 0.805. The van der Waals surface area contributed by atoms with Crippen molar-refractivity contribution in [2.75, 3.05) is 12.4 Å². The van der Waals surface area contributed by atoms with Crippen LogP contribution in [-0.2, 0) is 16.1 Å². The van der Waals surface area contributed by atoms with Gasteiger partial charge in [-0.3, -0.25) is 14.2 Å². The Morgan fingerprint density at radius 3 is 2.83 bits per heavy atom. The van der Waals surface area contributed by atoms with E-state index in [1.165, 1.54) is 24.1 Å². The lowest BCUT2D eigenvalue weighted by atomic mass is 10.3. The molecular weight excluding hydrogens is 332 g/mol. The van der Waals surface area contributed by atoms with Gasteiger partial charge in [-0.05, 0) is 12.1 Å². The summed E-state index contributed by atoms with van der Waals surface area (Å²) in [4.78, 5) is 43.8. The molecule has 0 saturated carbocycles. The van der Waals surface area contributed by atoms with Gasteiger partial charge in [-0.25, -0.2) is 14.8 Å². The molecule has 0 aliphatic heterocycles. The zero-order valence-corrected chi connectivity index (χ0v) is 13.4. The Bertz CT molecular complexity index is 979. The molecule has 0 aliphatic carbocycles. The van der Waals surface area contributed by atoms with Crippen molar-refractivity contribution in [3.8, 4) is 0 Å². The van der Waals surface area contributed by atoms with Crippen LogP contribution >= 0.6 is 11.3 Å². The van der Waals surface area contributed by atoms with Gasteiger partial charge in [-0.2, -0.15) is 0 Å². The van der Waals surface area contributed by atoms with Gasteiger partial charge in [0.2, 0.25) is 5.91 Å². The van der Waals surface area contributed by atoms with E-state index in [1.54, 1.807) is 24.3 Å². The maximum Gasteiger partial charge on any atom is 0.349 e. The molecule has 2 aromatic heterocycles. The summed E-state index contributed by atoms with van der Waals surface area (Å²) in [6.07, 6.45) is 2.49. The average Bonchev–Trinajstić information content (AvgIpc) is 3.05. The van der Waals surface area contributed by atoms with Gasteiger partial charge in [-0.1, -0.05) is 23.5 Å². The molecule has 24 heavy (non-hydrogen) atoms. The number of thiazole rings is 1. The summed E-state index contributed by atoms with van der Waals surface area (Å²) in [5, 5.41) is 2.82. The predicted molar refractivity (Wildman–Crippen MR) is 88.1 cm³/mol. The molecule has 0 radical (unpaired) electrons. The minimum atomic E-state index is -0.524. The molecule has 0 saturated heterocycles. The molecule has 9 heteroatoms. The van der Waals surface area contributed by atoms with Crippen molar-refractivity contribution in [1.82, 2.24) is 14.5 Å². The summed E-state index contributed by atoms with van der Waals surface area (Å²) >= 11 is 0.995. The van der Waals surface area contributed by atoms with E-state index in [-0.39, 0.29) is 22.1 Å². The number of rotatable bonds is 4. The fraction of sp³-hybridized carbons (Fsp3) is 0.133. The van der Waals surface area contributed by atoms with Crippen LogP contribution in [0.1, 0.15) is 9.67 Å². The number of fused-ring (bicyclic) bond motifs is 1. The van der Waals surface area contributed by atoms with Crippen molar-refractivity contribution < 1.29 is 14.3 Å². The number of carbonyl (C=O) groups excluding carboxylic acids is 2. The number of hydrogen-bond donors (Lipinski definition) is 1. The Hall–Kier alpha value is -3.07. The highest BCUT2D eigenvalue weighted by Crippen LogP contribution is 2.18. The summed E-state index contributed by atoms with van der Waals surface area (Å²) < 4.78 is 5.91. The Morgan fingerprint density at radius 2 is 2.04 bits per heavy atom. The van der Waals surface area contributed by atoms with Crippen molar-refractivity contribution in [2.24, 2.45) is 0 Å². The number of ether oxygens (including phenoxy) is 1. The molecule has 2 heterocycles. The maximum atomic E-state index is 12.2. The molecule has 0 atom stereocenters. The van der Waals surface area contributed by atoms with Crippen LogP contribution in [0.3, 0.4) is 0 Å². The molecule has 0 bridgehead atoms. The first-order valence-electron chi connectivity index (χ1n) is 6.87. The van der Waals surface area contributed by atoms with Gasteiger partial charge >= 0.3 is 5.97 Å². The van der Waals surface area contributed by atoms with Crippen LogP contribution in [-0.4, -0.2) is 33.5 Å². The molecule has 0 unspecified atom stereocenters. The van der Waals surface area contributed by atoms with Crippen molar-refractivity contribution in [2.45, 2.75) is 6.54 Å². The zero-order chi connectivity index (χ0) is 17.1. The molecule has 0 aliphatic rings. The summed E-state index contributed by atoms with van der Waals surface area (Å²) in [5.74, 6) is -0.955. The van der Waals surface area contributed by atoms with E-state index < -0.39 is 11.9 Å². The average molecular weight is 344 g/mol. The molecule has 0 fully saturated rings. The molecule has 1 aromatic carbocycles. The highest BCUT2D eigenvalue weighted by atomic mass is 32.1. The standard InChI is InChI=1S/C15H12N4O4S/c1-23-14(22)11-6-17-15(24-11)18-12(20)8-19-10-5-3-2-4-9(10)16-7-13(19)21/h2-7H,8H2,1H3,(H,17,18,20). The Kier molecular flexibility index (Phi) is 4.34. The largest absolute Gasteiger partial charge is 0.465 e. The Labute approximate surface area is 139 Å². The number of aromatic nitrogens is 3. The molecule has 3 aromatic rings. The van der Waals surface area contributed by atoms with Crippen LogP contribution in [0.4, 0.5) is 5.13 Å². The van der Waals surface area contributed by atoms with Gasteiger partial charge in [0, 0.05) is 0 Å². The highest BCUT2D eigenvalue weighted by Gasteiger charge is 2.14. The van der Waals surface area contributed by atoms with Crippen molar-refractivity contribution in [1.29, 1.82) is 0 Å². The number of hydrogen-bond acceptors (Lipinski definition) is 7. The maximum absolute atomic E-state index is 12.2. The van der Waals surface area contributed by atoms with Crippen LogP contribution in [0.5, 0.6) is 0 Å². The van der Waals surface area contributed by atoms with Gasteiger partial charge in [0.1, 0.15) is 11.4 Å². The molecular formula is C15H12N4O4S. The lowest BCUT2D eigenvalue weighted by molar-refractivity contribution is -0.116. The van der Waals surface area contributed by atoms with E-state index >= 15 is 0 Å². The van der Waals surface area contributed by atoms with Crippen LogP contribution in [0.25, 0.3) is 11.0 Å². The second-order valence-corrected chi connectivity index (χ2v) is 5.77. The number of para-hydroxylation sites is 2. The predicted octanol–water partition coefficient (Wildman–Crippen LogP) is 1.28. The van der Waals surface area contributed by atoms with Crippen molar-refractivity contribution in [3.05, 3.63) is 51.9 Å². The third-order valence-electron chi connectivity index (χ3n) is 3.19. The fourth-order valence-electron chi connectivity index (χ4n) is 2.11. The first-order valence-corrected chi connectivity index (χ1v) is 7.68. The first-order chi connectivity index (χ1) is 11.6. The second kappa shape index (κ2) is 6.59. The number of benzene rings is 1. The van der Waals surface area contributed by atoms with E-state index in [4.69, 9.17) is 0 Å².